The van der Waals surface area contributed by atoms with Crippen molar-refractivity contribution in [3.63, 3.8) is 0 Å². The van der Waals surface area contributed by atoms with Gasteiger partial charge in [0.15, 0.2) is 11.6 Å². The lowest BCUT2D eigenvalue weighted by Crippen LogP contribution is -2.40. The maximum atomic E-state index is 13.3. The summed E-state index contributed by atoms with van der Waals surface area (Å²) < 4.78 is 58.1. The predicted molar refractivity (Wildman–Crippen MR) is 98.2 cm³/mol. The van der Waals surface area contributed by atoms with Crippen LogP contribution in [0.3, 0.4) is 0 Å². The van der Waals surface area contributed by atoms with E-state index in [0.717, 1.165) is 12.1 Å². The number of hydrogen-bond donors (Lipinski definition) is 0. The zero-order valence-electron chi connectivity index (χ0n) is 15.3. The average molecular weight is 410 g/mol. The van der Waals surface area contributed by atoms with Crippen LogP contribution in [0.1, 0.15) is 15.9 Å². The van der Waals surface area contributed by atoms with Crippen LogP contribution in [0.2, 0.25) is 0 Å². The monoisotopic (exact) mass is 410 g/mol. The quantitative estimate of drug-likeness (QED) is 0.759. The molecule has 1 aliphatic rings. The van der Waals surface area contributed by atoms with Crippen LogP contribution in [0.5, 0.6) is 0 Å². The molecule has 150 valence electrons. The zero-order valence-corrected chi connectivity index (χ0v) is 16.1. The lowest BCUT2D eigenvalue weighted by Gasteiger charge is -2.26. The fraction of sp³-hybridized carbons (Fsp3) is 0.316. The van der Waals surface area contributed by atoms with Gasteiger partial charge in [0.2, 0.25) is 10.0 Å². The molecule has 0 aliphatic carbocycles. The first-order chi connectivity index (χ1) is 13.3. The number of morpholine rings is 1. The lowest BCUT2D eigenvalue weighted by atomic mass is 10.1. The summed E-state index contributed by atoms with van der Waals surface area (Å²) in [6.45, 7) is 1.37. The van der Waals surface area contributed by atoms with Crippen LogP contribution in [-0.2, 0) is 21.3 Å². The molecular weight excluding hydrogens is 390 g/mol. The Bertz CT molecular complexity index is 958. The largest absolute Gasteiger partial charge is 0.379 e. The van der Waals surface area contributed by atoms with Gasteiger partial charge in [-0.05, 0) is 42.0 Å². The van der Waals surface area contributed by atoms with Crippen molar-refractivity contribution >= 4 is 15.9 Å². The van der Waals surface area contributed by atoms with E-state index in [1.807, 2.05) is 0 Å². The van der Waals surface area contributed by atoms with E-state index < -0.39 is 21.7 Å². The van der Waals surface area contributed by atoms with E-state index in [1.54, 1.807) is 0 Å². The number of sulfonamides is 1. The van der Waals surface area contributed by atoms with Crippen molar-refractivity contribution in [2.24, 2.45) is 0 Å². The summed E-state index contributed by atoms with van der Waals surface area (Å²) in [6.07, 6.45) is 0. The number of amides is 1. The van der Waals surface area contributed by atoms with Crippen LogP contribution in [0.25, 0.3) is 0 Å². The van der Waals surface area contributed by atoms with Gasteiger partial charge in [0.1, 0.15) is 0 Å². The smallest absolute Gasteiger partial charge is 0.253 e. The van der Waals surface area contributed by atoms with Crippen LogP contribution in [0.4, 0.5) is 8.78 Å². The van der Waals surface area contributed by atoms with Crippen LogP contribution < -0.4 is 0 Å². The van der Waals surface area contributed by atoms with Crippen molar-refractivity contribution in [2.45, 2.75) is 11.4 Å². The molecule has 1 amide bonds. The van der Waals surface area contributed by atoms with Gasteiger partial charge in [-0.3, -0.25) is 4.79 Å². The highest BCUT2D eigenvalue weighted by Crippen LogP contribution is 2.19. The van der Waals surface area contributed by atoms with Crippen molar-refractivity contribution in [1.29, 1.82) is 0 Å². The van der Waals surface area contributed by atoms with Crippen molar-refractivity contribution in [3.05, 3.63) is 65.2 Å². The molecule has 6 nitrogen and oxygen atoms in total. The van der Waals surface area contributed by atoms with Gasteiger partial charge in [-0.25, -0.2) is 17.2 Å². The summed E-state index contributed by atoms with van der Waals surface area (Å²) in [4.78, 5) is 14.0. The second-order valence-electron chi connectivity index (χ2n) is 6.45. The molecule has 0 spiro atoms. The number of ether oxygens (including phenoxy) is 1. The Morgan fingerprint density at radius 3 is 2.32 bits per heavy atom. The fourth-order valence-corrected chi connectivity index (χ4v) is 4.32. The van der Waals surface area contributed by atoms with Crippen LogP contribution in [0.15, 0.2) is 47.4 Å². The van der Waals surface area contributed by atoms with Crippen LogP contribution >= 0.6 is 0 Å². The van der Waals surface area contributed by atoms with Gasteiger partial charge in [0.25, 0.3) is 5.91 Å². The highest BCUT2D eigenvalue weighted by atomic mass is 32.2. The highest BCUT2D eigenvalue weighted by molar-refractivity contribution is 7.89. The molecular formula is C19H20F2N2O4S. The molecule has 0 radical (unpaired) electrons. The van der Waals surface area contributed by atoms with Gasteiger partial charge < -0.3 is 9.64 Å². The molecule has 0 aromatic heterocycles. The number of carbonyl (C=O) groups excluding carboxylic acids is 1. The van der Waals surface area contributed by atoms with Gasteiger partial charge >= 0.3 is 0 Å². The summed E-state index contributed by atoms with van der Waals surface area (Å²) in [7, 11) is -2.10. The first kappa shape index (κ1) is 20.4. The summed E-state index contributed by atoms with van der Waals surface area (Å²) in [6, 6.07) is 9.12. The Morgan fingerprint density at radius 1 is 1.07 bits per heavy atom. The van der Waals surface area contributed by atoms with Crippen LogP contribution in [0, 0.1) is 11.6 Å². The van der Waals surface area contributed by atoms with E-state index in [-0.39, 0.29) is 17.3 Å². The standard InChI is InChI=1S/C19H20F2N2O4S/c1-22(13-14-2-7-17(20)18(21)12-14)19(24)15-3-5-16(6-4-15)28(25,26)23-8-10-27-11-9-23/h2-7,12H,8-11,13H2,1H3. The molecule has 2 aromatic carbocycles. The molecule has 0 unspecified atom stereocenters. The Labute approximate surface area is 162 Å². The number of benzene rings is 2. The third kappa shape index (κ3) is 4.37. The predicted octanol–water partition coefficient (Wildman–Crippen LogP) is 2.26. The maximum absolute atomic E-state index is 13.3. The Hall–Kier alpha value is -2.36. The minimum Gasteiger partial charge on any atom is -0.379 e. The van der Waals surface area contributed by atoms with Crippen molar-refractivity contribution in [1.82, 2.24) is 9.21 Å². The summed E-state index contributed by atoms with van der Waals surface area (Å²) >= 11 is 0. The van der Waals surface area contributed by atoms with Gasteiger partial charge in [0, 0.05) is 32.2 Å². The average Bonchev–Trinajstić information content (AvgIpc) is 2.71. The van der Waals surface area contributed by atoms with E-state index in [0.29, 0.717) is 37.4 Å². The van der Waals surface area contributed by atoms with Crippen LogP contribution in [-0.4, -0.2) is 56.9 Å². The van der Waals surface area contributed by atoms with Gasteiger partial charge in [-0.1, -0.05) is 6.07 Å². The van der Waals surface area contributed by atoms with Crippen molar-refractivity contribution in [2.75, 3.05) is 33.4 Å². The minimum atomic E-state index is -3.63. The molecule has 3 rings (SSSR count). The Kier molecular flexibility index (Phi) is 6.07. The van der Waals surface area contributed by atoms with E-state index in [2.05, 4.69) is 0 Å². The third-order valence-corrected chi connectivity index (χ3v) is 6.37. The van der Waals surface area contributed by atoms with Gasteiger partial charge in [0.05, 0.1) is 18.1 Å². The molecule has 1 saturated heterocycles. The van der Waals surface area contributed by atoms with E-state index in [1.165, 1.54) is 46.6 Å². The fourth-order valence-electron chi connectivity index (χ4n) is 2.91. The number of rotatable bonds is 5. The summed E-state index contributed by atoms with van der Waals surface area (Å²) in [5.41, 5.74) is 0.743. The van der Waals surface area contributed by atoms with Crippen molar-refractivity contribution < 1.29 is 26.7 Å². The molecule has 1 heterocycles. The van der Waals surface area contributed by atoms with Gasteiger partial charge in [-0.15, -0.1) is 0 Å². The normalized spacial score (nSPS) is 15.4. The van der Waals surface area contributed by atoms with E-state index >= 15 is 0 Å². The Balaban J connectivity index is 1.71. The SMILES string of the molecule is CN(Cc1ccc(F)c(F)c1)C(=O)c1ccc(S(=O)(=O)N2CCOCC2)cc1. The first-order valence-electron chi connectivity index (χ1n) is 8.66. The summed E-state index contributed by atoms with van der Waals surface area (Å²) in [5.74, 6) is -2.29. The molecule has 0 saturated carbocycles. The highest BCUT2D eigenvalue weighted by Gasteiger charge is 2.26. The molecule has 1 fully saturated rings. The first-order valence-corrected chi connectivity index (χ1v) is 10.1. The molecule has 0 atom stereocenters. The van der Waals surface area contributed by atoms with Crippen molar-refractivity contribution in [3.8, 4) is 0 Å². The minimum absolute atomic E-state index is 0.0872. The second kappa shape index (κ2) is 8.34. The number of hydrogen-bond acceptors (Lipinski definition) is 4. The number of nitrogens with zero attached hydrogens (tertiary/aromatic N) is 2. The summed E-state index contributed by atoms with van der Waals surface area (Å²) in [5, 5.41) is 0. The zero-order chi connectivity index (χ0) is 20.3. The lowest BCUT2D eigenvalue weighted by molar-refractivity contribution is 0.0730. The Morgan fingerprint density at radius 2 is 1.71 bits per heavy atom. The molecule has 1 aliphatic heterocycles. The van der Waals surface area contributed by atoms with E-state index in [9.17, 15) is 22.0 Å². The molecule has 2 aromatic rings. The third-order valence-electron chi connectivity index (χ3n) is 4.46. The molecule has 0 bridgehead atoms. The molecule has 9 heteroatoms. The topological polar surface area (TPSA) is 66.9 Å². The van der Waals surface area contributed by atoms with E-state index in [4.69, 9.17) is 4.74 Å². The molecule has 28 heavy (non-hydrogen) atoms. The second-order valence-corrected chi connectivity index (χ2v) is 8.39. The number of halogens is 2. The maximum Gasteiger partial charge on any atom is 0.253 e. The number of carbonyl (C=O) groups is 1. The molecule has 0 N–H and O–H groups in total. The van der Waals surface area contributed by atoms with Gasteiger partial charge in [-0.2, -0.15) is 4.31 Å².